The molecule has 0 radical (unpaired) electrons. The molecule has 108 valence electrons. The Labute approximate surface area is 120 Å². The highest BCUT2D eigenvalue weighted by atomic mass is 16.5. The van der Waals surface area contributed by atoms with Crippen LogP contribution in [0.5, 0.6) is 5.75 Å². The number of nitrogens with zero attached hydrogens (tertiary/aromatic N) is 3. The highest BCUT2D eigenvalue weighted by Crippen LogP contribution is 2.24. The Kier molecular flexibility index (Phi) is 4.55. The standard InChI is InChI=1S/C14H13N3O4/c1-21-13(20)3-2-11(18)14-12(19)4-9(7-17-14)10-5-15-8-16-6-10/h4-8,19H,2-3H2,1H3. The van der Waals surface area contributed by atoms with Gasteiger partial charge in [-0.25, -0.2) is 15.0 Å². The van der Waals surface area contributed by atoms with E-state index in [2.05, 4.69) is 19.7 Å². The molecule has 21 heavy (non-hydrogen) atoms. The molecule has 2 aromatic heterocycles. The summed E-state index contributed by atoms with van der Waals surface area (Å²) < 4.78 is 4.46. The first kappa shape index (κ1) is 14.6. The molecule has 0 atom stereocenters. The minimum absolute atomic E-state index is 0.0509. The molecule has 2 aromatic rings. The lowest BCUT2D eigenvalue weighted by molar-refractivity contribution is -0.140. The maximum Gasteiger partial charge on any atom is 0.305 e. The topological polar surface area (TPSA) is 102 Å². The molecule has 0 saturated carbocycles. The monoisotopic (exact) mass is 287 g/mol. The number of pyridine rings is 1. The third-order valence-electron chi connectivity index (χ3n) is 2.81. The van der Waals surface area contributed by atoms with Gasteiger partial charge in [0.05, 0.1) is 13.5 Å². The second-order valence-electron chi connectivity index (χ2n) is 4.22. The van der Waals surface area contributed by atoms with E-state index in [9.17, 15) is 14.7 Å². The molecule has 0 saturated heterocycles. The summed E-state index contributed by atoms with van der Waals surface area (Å²) in [5.74, 6) is -1.15. The fourth-order valence-electron chi connectivity index (χ4n) is 1.71. The Morgan fingerprint density at radius 3 is 2.48 bits per heavy atom. The van der Waals surface area contributed by atoms with Crippen molar-refractivity contribution in [2.45, 2.75) is 12.8 Å². The Balaban J connectivity index is 2.16. The van der Waals surface area contributed by atoms with Gasteiger partial charge in [0.2, 0.25) is 0 Å². The Morgan fingerprint density at radius 2 is 1.86 bits per heavy atom. The number of methoxy groups -OCH3 is 1. The van der Waals surface area contributed by atoms with Gasteiger partial charge in [-0.15, -0.1) is 0 Å². The van der Waals surface area contributed by atoms with Crippen molar-refractivity contribution in [1.82, 2.24) is 15.0 Å². The molecule has 0 fully saturated rings. The van der Waals surface area contributed by atoms with Gasteiger partial charge in [0.25, 0.3) is 0 Å². The van der Waals surface area contributed by atoms with Crippen LogP contribution in [0.1, 0.15) is 23.3 Å². The average Bonchev–Trinajstić information content (AvgIpc) is 2.53. The summed E-state index contributed by atoms with van der Waals surface area (Å²) in [5.41, 5.74) is 1.20. The zero-order chi connectivity index (χ0) is 15.2. The molecule has 0 aliphatic heterocycles. The Hall–Kier alpha value is -2.83. The number of Topliss-reactive ketones (excluding diaryl/α,β-unsaturated/α-hetero) is 1. The molecule has 0 aliphatic rings. The van der Waals surface area contributed by atoms with Gasteiger partial charge in [-0.3, -0.25) is 9.59 Å². The minimum atomic E-state index is -0.485. The molecule has 0 unspecified atom stereocenters. The van der Waals surface area contributed by atoms with Crippen molar-refractivity contribution in [1.29, 1.82) is 0 Å². The molecule has 0 bridgehead atoms. The summed E-state index contributed by atoms with van der Waals surface area (Å²) in [7, 11) is 1.25. The quantitative estimate of drug-likeness (QED) is 0.654. The smallest absolute Gasteiger partial charge is 0.305 e. The van der Waals surface area contributed by atoms with Gasteiger partial charge >= 0.3 is 5.97 Å². The zero-order valence-electron chi connectivity index (χ0n) is 11.3. The lowest BCUT2D eigenvalue weighted by Crippen LogP contribution is -2.07. The van der Waals surface area contributed by atoms with E-state index in [4.69, 9.17) is 0 Å². The van der Waals surface area contributed by atoms with Gasteiger partial charge in [0.1, 0.15) is 17.8 Å². The number of carbonyl (C=O) groups is 2. The summed E-state index contributed by atoms with van der Waals surface area (Å²) in [6.07, 6.45) is 5.86. The van der Waals surface area contributed by atoms with Crippen LogP contribution in [0, 0.1) is 0 Å². The third kappa shape index (κ3) is 3.59. The van der Waals surface area contributed by atoms with Crippen molar-refractivity contribution in [3.8, 4) is 16.9 Å². The molecular formula is C14H13N3O4. The lowest BCUT2D eigenvalue weighted by atomic mass is 10.1. The van der Waals surface area contributed by atoms with Gasteiger partial charge in [0.15, 0.2) is 5.78 Å². The van der Waals surface area contributed by atoms with E-state index in [-0.39, 0.29) is 24.3 Å². The van der Waals surface area contributed by atoms with Crippen molar-refractivity contribution in [2.24, 2.45) is 0 Å². The van der Waals surface area contributed by atoms with Crippen LogP contribution >= 0.6 is 0 Å². The molecule has 0 aromatic carbocycles. The first-order valence-electron chi connectivity index (χ1n) is 6.16. The number of hydrogen-bond donors (Lipinski definition) is 1. The van der Waals surface area contributed by atoms with Gasteiger partial charge in [-0.05, 0) is 6.07 Å². The fourth-order valence-corrected chi connectivity index (χ4v) is 1.71. The van der Waals surface area contributed by atoms with Crippen molar-refractivity contribution < 1.29 is 19.4 Å². The maximum absolute atomic E-state index is 11.9. The number of aromatic hydroxyl groups is 1. The summed E-state index contributed by atoms with van der Waals surface area (Å²) in [5, 5.41) is 9.91. The molecule has 1 N–H and O–H groups in total. The van der Waals surface area contributed by atoms with Crippen LogP contribution < -0.4 is 0 Å². The molecule has 2 rings (SSSR count). The van der Waals surface area contributed by atoms with E-state index in [1.54, 1.807) is 12.4 Å². The second kappa shape index (κ2) is 6.56. The van der Waals surface area contributed by atoms with Gasteiger partial charge < -0.3 is 9.84 Å². The predicted octanol–water partition coefficient (Wildman–Crippen LogP) is 1.38. The predicted molar refractivity (Wildman–Crippen MR) is 72.5 cm³/mol. The number of hydrogen-bond acceptors (Lipinski definition) is 7. The van der Waals surface area contributed by atoms with Gasteiger partial charge in [-0.2, -0.15) is 0 Å². The number of ether oxygens (including phenoxy) is 1. The Bertz CT molecular complexity index is 659. The number of carbonyl (C=O) groups excluding carboxylic acids is 2. The number of esters is 1. The fraction of sp³-hybridized carbons (Fsp3) is 0.214. The van der Waals surface area contributed by atoms with Crippen LogP contribution in [0.15, 0.2) is 31.0 Å². The van der Waals surface area contributed by atoms with E-state index >= 15 is 0 Å². The highest BCUT2D eigenvalue weighted by Gasteiger charge is 2.15. The lowest BCUT2D eigenvalue weighted by Gasteiger charge is -2.05. The number of ketones is 1. The molecule has 2 heterocycles. The normalized spacial score (nSPS) is 10.1. The van der Waals surface area contributed by atoms with Gasteiger partial charge in [-0.1, -0.05) is 0 Å². The van der Waals surface area contributed by atoms with Crippen LogP contribution in [0.4, 0.5) is 0 Å². The third-order valence-corrected chi connectivity index (χ3v) is 2.81. The van der Waals surface area contributed by atoms with Gasteiger partial charge in [0, 0.05) is 36.1 Å². The van der Waals surface area contributed by atoms with E-state index in [0.717, 1.165) is 0 Å². The van der Waals surface area contributed by atoms with Crippen molar-refractivity contribution in [3.05, 3.63) is 36.7 Å². The maximum atomic E-state index is 11.9. The SMILES string of the molecule is COC(=O)CCC(=O)c1ncc(-c2cncnc2)cc1O. The average molecular weight is 287 g/mol. The molecule has 0 spiro atoms. The van der Waals surface area contributed by atoms with Crippen LogP contribution in [-0.4, -0.2) is 38.9 Å². The summed E-state index contributed by atoms with van der Waals surface area (Å²) in [6.45, 7) is 0. The Morgan fingerprint density at radius 1 is 1.14 bits per heavy atom. The molecule has 0 amide bonds. The number of rotatable bonds is 5. The van der Waals surface area contributed by atoms with E-state index < -0.39 is 11.8 Å². The van der Waals surface area contributed by atoms with Crippen molar-refractivity contribution >= 4 is 11.8 Å². The molecule has 7 heteroatoms. The van der Waals surface area contributed by atoms with Crippen molar-refractivity contribution in [2.75, 3.05) is 7.11 Å². The minimum Gasteiger partial charge on any atom is -0.506 e. The summed E-state index contributed by atoms with van der Waals surface area (Å²) in [4.78, 5) is 34.6. The zero-order valence-corrected chi connectivity index (χ0v) is 11.3. The van der Waals surface area contributed by atoms with E-state index in [0.29, 0.717) is 11.1 Å². The van der Waals surface area contributed by atoms with Crippen LogP contribution in [0.2, 0.25) is 0 Å². The van der Waals surface area contributed by atoms with E-state index in [1.165, 1.54) is 25.7 Å². The van der Waals surface area contributed by atoms with Crippen LogP contribution in [0.3, 0.4) is 0 Å². The molecule has 0 aliphatic carbocycles. The van der Waals surface area contributed by atoms with Crippen LogP contribution in [0.25, 0.3) is 11.1 Å². The first-order chi connectivity index (χ1) is 10.1. The van der Waals surface area contributed by atoms with Crippen LogP contribution in [-0.2, 0) is 9.53 Å². The summed E-state index contributed by atoms with van der Waals surface area (Å²) >= 11 is 0. The molecular weight excluding hydrogens is 274 g/mol. The highest BCUT2D eigenvalue weighted by molar-refractivity contribution is 5.98. The van der Waals surface area contributed by atoms with E-state index in [1.807, 2.05) is 0 Å². The first-order valence-corrected chi connectivity index (χ1v) is 6.16. The second-order valence-corrected chi connectivity index (χ2v) is 4.22. The summed E-state index contributed by atoms with van der Waals surface area (Å²) in [6, 6.07) is 1.41. The number of aromatic nitrogens is 3. The molecule has 7 nitrogen and oxygen atoms in total. The van der Waals surface area contributed by atoms with Crippen molar-refractivity contribution in [3.63, 3.8) is 0 Å². The largest absolute Gasteiger partial charge is 0.506 e.